The van der Waals surface area contributed by atoms with Gasteiger partial charge in [0.1, 0.15) is 11.6 Å². The maximum atomic E-state index is 12.9. The van der Waals surface area contributed by atoms with Gasteiger partial charge in [-0.3, -0.25) is 4.79 Å². The van der Waals surface area contributed by atoms with Crippen molar-refractivity contribution in [3.8, 4) is 5.75 Å². The number of halogens is 1. The van der Waals surface area contributed by atoms with Crippen molar-refractivity contribution >= 4 is 27.9 Å². The summed E-state index contributed by atoms with van der Waals surface area (Å²) in [5.74, 6) is 0.214. The Bertz CT molecular complexity index is 1100. The molecule has 2 heterocycles. The molecule has 1 amide bonds. The van der Waals surface area contributed by atoms with Crippen molar-refractivity contribution in [1.29, 1.82) is 0 Å². The van der Waals surface area contributed by atoms with Crippen LogP contribution in [0.4, 0.5) is 4.39 Å². The number of furan rings is 1. The van der Waals surface area contributed by atoms with E-state index < -0.39 is 0 Å². The third-order valence-electron chi connectivity index (χ3n) is 4.10. The highest BCUT2D eigenvalue weighted by atomic mass is 19.1. The van der Waals surface area contributed by atoms with Gasteiger partial charge in [-0.05, 0) is 42.0 Å². The summed E-state index contributed by atoms with van der Waals surface area (Å²) in [7, 11) is 1.59. The molecule has 0 aliphatic carbocycles. The Labute approximate surface area is 148 Å². The van der Waals surface area contributed by atoms with Crippen LogP contribution in [0.15, 0.2) is 59.0 Å². The fourth-order valence-electron chi connectivity index (χ4n) is 2.72. The summed E-state index contributed by atoms with van der Waals surface area (Å²) in [6, 6.07) is 15.1. The second kappa shape index (κ2) is 6.48. The van der Waals surface area contributed by atoms with Crippen LogP contribution in [0.2, 0.25) is 0 Å². The lowest BCUT2D eigenvalue weighted by Gasteiger charge is -2.03. The zero-order chi connectivity index (χ0) is 18.1. The van der Waals surface area contributed by atoms with Crippen LogP contribution in [0.25, 0.3) is 22.0 Å². The first-order chi connectivity index (χ1) is 12.6. The van der Waals surface area contributed by atoms with Crippen LogP contribution in [0.1, 0.15) is 16.1 Å². The van der Waals surface area contributed by atoms with Gasteiger partial charge < -0.3 is 14.5 Å². The average Bonchev–Trinajstić information content (AvgIpc) is 3.08. The molecule has 4 aromatic rings. The summed E-state index contributed by atoms with van der Waals surface area (Å²) in [5.41, 5.74) is 1.91. The van der Waals surface area contributed by atoms with Gasteiger partial charge in [0.15, 0.2) is 5.76 Å². The first kappa shape index (κ1) is 16.1. The van der Waals surface area contributed by atoms with Crippen LogP contribution >= 0.6 is 0 Å². The number of hydrogen-bond donors (Lipinski definition) is 1. The van der Waals surface area contributed by atoms with Gasteiger partial charge in [0, 0.05) is 23.4 Å². The van der Waals surface area contributed by atoms with Gasteiger partial charge in [0.25, 0.3) is 5.91 Å². The number of rotatable bonds is 4. The van der Waals surface area contributed by atoms with Crippen LogP contribution in [0, 0.1) is 5.82 Å². The zero-order valence-corrected chi connectivity index (χ0v) is 14.0. The number of fused-ring (bicyclic) bond motifs is 2. The van der Waals surface area contributed by atoms with Crippen LogP contribution in [0.3, 0.4) is 0 Å². The third kappa shape index (κ3) is 3.09. The minimum absolute atomic E-state index is 0.178. The van der Waals surface area contributed by atoms with Crippen molar-refractivity contribution in [2.75, 3.05) is 7.11 Å². The van der Waals surface area contributed by atoms with Crippen molar-refractivity contribution in [2.24, 2.45) is 0 Å². The molecule has 0 bridgehead atoms. The van der Waals surface area contributed by atoms with E-state index in [9.17, 15) is 9.18 Å². The normalized spacial score (nSPS) is 11.0. The number of methoxy groups -OCH3 is 1. The number of hydrogen-bond acceptors (Lipinski definition) is 4. The molecule has 130 valence electrons. The summed E-state index contributed by atoms with van der Waals surface area (Å²) < 4.78 is 23.7. The van der Waals surface area contributed by atoms with E-state index in [0.29, 0.717) is 11.5 Å². The van der Waals surface area contributed by atoms with Gasteiger partial charge in [-0.1, -0.05) is 12.1 Å². The van der Waals surface area contributed by atoms with E-state index in [-0.39, 0.29) is 24.0 Å². The average molecular weight is 350 g/mol. The molecule has 1 N–H and O–H groups in total. The molecule has 2 aromatic carbocycles. The van der Waals surface area contributed by atoms with Crippen molar-refractivity contribution in [3.05, 3.63) is 71.7 Å². The summed E-state index contributed by atoms with van der Waals surface area (Å²) in [6.45, 7) is 0.281. The number of carbonyl (C=O) groups excluding carboxylic acids is 1. The fraction of sp³-hybridized carbons (Fsp3) is 0.100. The molecule has 0 atom stereocenters. The zero-order valence-electron chi connectivity index (χ0n) is 14.0. The molecule has 0 unspecified atom stereocenters. The molecule has 26 heavy (non-hydrogen) atoms. The van der Waals surface area contributed by atoms with Crippen molar-refractivity contribution in [2.45, 2.75) is 6.54 Å². The molecule has 5 nitrogen and oxygen atoms in total. The van der Waals surface area contributed by atoms with E-state index in [4.69, 9.17) is 9.15 Å². The van der Waals surface area contributed by atoms with Crippen LogP contribution in [0.5, 0.6) is 5.75 Å². The lowest BCUT2D eigenvalue weighted by Crippen LogP contribution is -2.22. The molecule has 0 aliphatic rings. The van der Waals surface area contributed by atoms with E-state index in [1.807, 2.05) is 24.3 Å². The predicted molar refractivity (Wildman–Crippen MR) is 95.6 cm³/mol. The Hall–Kier alpha value is -3.41. The highest BCUT2D eigenvalue weighted by molar-refractivity contribution is 5.98. The van der Waals surface area contributed by atoms with Gasteiger partial charge in [0.2, 0.25) is 5.71 Å². The minimum Gasteiger partial charge on any atom is -0.497 e. The first-order valence-corrected chi connectivity index (χ1v) is 8.03. The molecule has 6 heteroatoms. The van der Waals surface area contributed by atoms with Gasteiger partial charge in [-0.25, -0.2) is 9.37 Å². The fourth-order valence-corrected chi connectivity index (χ4v) is 2.72. The molecule has 0 saturated carbocycles. The highest BCUT2D eigenvalue weighted by Crippen LogP contribution is 2.25. The predicted octanol–water partition coefficient (Wildman–Crippen LogP) is 4.06. The maximum Gasteiger partial charge on any atom is 0.287 e. The van der Waals surface area contributed by atoms with Gasteiger partial charge in [-0.2, -0.15) is 0 Å². The molecule has 0 saturated heterocycles. The molecular weight excluding hydrogens is 335 g/mol. The smallest absolute Gasteiger partial charge is 0.287 e. The maximum absolute atomic E-state index is 12.9. The van der Waals surface area contributed by atoms with Crippen LogP contribution < -0.4 is 10.1 Å². The number of ether oxygens (including phenoxy) is 1. The number of amides is 1. The van der Waals surface area contributed by atoms with Gasteiger partial charge in [-0.15, -0.1) is 0 Å². The third-order valence-corrected chi connectivity index (χ3v) is 4.10. The summed E-state index contributed by atoms with van der Waals surface area (Å²) in [4.78, 5) is 16.8. The second-order valence-corrected chi connectivity index (χ2v) is 5.86. The molecule has 0 aliphatic heterocycles. The summed E-state index contributed by atoms with van der Waals surface area (Å²) in [5, 5.41) is 4.43. The minimum atomic E-state index is -0.353. The molecule has 0 fully saturated rings. The van der Waals surface area contributed by atoms with Crippen LogP contribution in [-0.2, 0) is 6.54 Å². The first-order valence-electron chi connectivity index (χ1n) is 8.03. The standard InChI is InChI=1S/C20H15FN2O3/c1-25-16-7-4-13-8-14-9-18(26-20(14)23-17(13)10-16)19(24)22-11-12-2-5-15(21)6-3-12/h2-10H,11H2,1H3,(H,22,24). The van der Waals surface area contributed by atoms with Crippen LogP contribution in [-0.4, -0.2) is 18.0 Å². The number of pyridine rings is 1. The molecule has 0 spiro atoms. The van der Waals surface area contributed by atoms with Crippen molar-refractivity contribution < 1.29 is 18.3 Å². The van der Waals surface area contributed by atoms with E-state index in [0.717, 1.165) is 21.9 Å². The number of carbonyl (C=O) groups is 1. The lowest BCUT2D eigenvalue weighted by atomic mass is 10.2. The largest absolute Gasteiger partial charge is 0.497 e. The Morgan fingerprint density at radius 2 is 1.92 bits per heavy atom. The Morgan fingerprint density at radius 1 is 1.12 bits per heavy atom. The van der Waals surface area contributed by atoms with E-state index in [1.54, 1.807) is 25.3 Å². The summed E-state index contributed by atoms with van der Waals surface area (Å²) >= 11 is 0. The topological polar surface area (TPSA) is 64.4 Å². The molecule has 4 rings (SSSR count). The van der Waals surface area contributed by atoms with E-state index in [2.05, 4.69) is 10.3 Å². The Balaban J connectivity index is 1.58. The molecule has 2 aromatic heterocycles. The van der Waals surface area contributed by atoms with Crippen molar-refractivity contribution in [1.82, 2.24) is 10.3 Å². The summed E-state index contributed by atoms with van der Waals surface area (Å²) in [6.07, 6.45) is 0. The SMILES string of the molecule is COc1ccc2cc3cc(C(=O)NCc4ccc(F)cc4)oc3nc2c1. The second-order valence-electron chi connectivity index (χ2n) is 5.86. The number of nitrogens with one attached hydrogen (secondary N) is 1. The number of nitrogens with zero attached hydrogens (tertiary/aromatic N) is 1. The number of benzene rings is 2. The molecule has 0 radical (unpaired) electrons. The lowest BCUT2D eigenvalue weighted by molar-refractivity contribution is 0.0925. The van der Waals surface area contributed by atoms with Crippen molar-refractivity contribution in [3.63, 3.8) is 0 Å². The quantitative estimate of drug-likeness (QED) is 0.603. The van der Waals surface area contributed by atoms with Gasteiger partial charge in [0.05, 0.1) is 12.6 Å². The number of aromatic nitrogens is 1. The molecular formula is C20H15FN2O3. The Kier molecular flexibility index (Phi) is 4.01. The van der Waals surface area contributed by atoms with Gasteiger partial charge >= 0.3 is 0 Å². The monoisotopic (exact) mass is 350 g/mol. The highest BCUT2D eigenvalue weighted by Gasteiger charge is 2.14. The van der Waals surface area contributed by atoms with E-state index >= 15 is 0 Å². The van der Waals surface area contributed by atoms with E-state index in [1.165, 1.54) is 12.1 Å². The Morgan fingerprint density at radius 3 is 2.69 bits per heavy atom.